The van der Waals surface area contributed by atoms with E-state index in [-0.39, 0.29) is 11.8 Å². The van der Waals surface area contributed by atoms with Gasteiger partial charge in [0.05, 0.1) is 0 Å². The van der Waals surface area contributed by atoms with Crippen molar-refractivity contribution in [2.45, 2.75) is 39.7 Å². The zero-order valence-corrected chi connectivity index (χ0v) is 12.7. The molecule has 2 aromatic rings. The molecule has 1 N–H and O–H groups in total. The van der Waals surface area contributed by atoms with Gasteiger partial charge in [0, 0.05) is 12.8 Å². The van der Waals surface area contributed by atoms with Crippen molar-refractivity contribution in [3.8, 4) is 0 Å². The smallest absolute Gasteiger partial charge is 0.243 e. The molecule has 5 nitrogen and oxygen atoms in total. The Morgan fingerprint density at radius 3 is 2.38 bits per heavy atom. The van der Waals surface area contributed by atoms with Crippen molar-refractivity contribution in [1.82, 2.24) is 15.5 Å². The molecule has 0 spiro atoms. The molecule has 5 heteroatoms. The Bertz CT molecular complexity index is 576. The average Bonchev–Trinajstić information content (AvgIpc) is 2.93. The van der Waals surface area contributed by atoms with Crippen molar-refractivity contribution in [3.05, 3.63) is 47.7 Å². The molecule has 1 aromatic carbocycles. The Morgan fingerprint density at radius 2 is 1.86 bits per heavy atom. The first-order chi connectivity index (χ1) is 10.2. The predicted molar refractivity (Wildman–Crippen MR) is 79.5 cm³/mol. The van der Waals surface area contributed by atoms with E-state index < -0.39 is 6.04 Å². The van der Waals surface area contributed by atoms with Crippen LogP contribution in [0.2, 0.25) is 0 Å². The van der Waals surface area contributed by atoms with Gasteiger partial charge in [0.1, 0.15) is 6.04 Å². The molecule has 0 saturated heterocycles. The highest BCUT2D eigenvalue weighted by atomic mass is 16.4. The fraction of sp³-hybridized carbons (Fsp3) is 0.438. The molecule has 0 radical (unpaired) electrons. The van der Waals surface area contributed by atoms with Gasteiger partial charge >= 0.3 is 0 Å². The lowest BCUT2D eigenvalue weighted by molar-refractivity contribution is -0.125. The number of carbonyl (C=O) groups is 1. The number of benzene rings is 1. The third-order valence-electron chi connectivity index (χ3n) is 3.56. The van der Waals surface area contributed by atoms with Crippen molar-refractivity contribution in [3.63, 3.8) is 0 Å². The summed E-state index contributed by atoms with van der Waals surface area (Å²) in [4.78, 5) is 12.4. The van der Waals surface area contributed by atoms with Crippen LogP contribution < -0.4 is 5.32 Å². The van der Waals surface area contributed by atoms with Crippen LogP contribution in [0.3, 0.4) is 0 Å². The van der Waals surface area contributed by atoms with Gasteiger partial charge in [0.25, 0.3) is 0 Å². The van der Waals surface area contributed by atoms with Crippen LogP contribution in [-0.2, 0) is 4.79 Å². The van der Waals surface area contributed by atoms with E-state index in [1.807, 2.05) is 44.2 Å². The number of amides is 1. The molecule has 1 unspecified atom stereocenters. The lowest BCUT2D eigenvalue weighted by atomic mass is 10.0. The Balaban J connectivity index is 2.27. The van der Waals surface area contributed by atoms with Crippen LogP contribution >= 0.6 is 0 Å². The van der Waals surface area contributed by atoms with E-state index in [1.165, 1.54) is 0 Å². The van der Waals surface area contributed by atoms with Crippen molar-refractivity contribution in [2.24, 2.45) is 5.92 Å². The molecule has 0 aliphatic rings. The second kappa shape index (κ2) is 7.02. The van der Waals surface area contributed by atoms with Crippen LogP contribution in [0.4, 0.5) is 0 Å². The molecular weight excluding hydrogens is 266 g/mol. The van der Waals surface area contributed by atoms with Gasteiger partial charge in [-0.2, -0.15) is 0 Å². The number of rotatable bonds is 6. The van der Waals surface area contributed by atoms with Crippen molar-refractivity contribution >= 4 is 5.91 Å². The number of carbonyl (C=O) groups excluding carboxylic acids is 1. The van der Waals surface area contributed by atoms with Crippen molar-refractivity contribution < 1.29 is 9.21 Å². The molecule has 1 atom stereocenters. The highest BCUT2D eigenvalue weighted by Crippen LogP contribution is 2.22. The maximum absolute atomic E-state index is 12.4. The second-order valence-electron chi connectivity index (χ2n) is 5.03. The minimum atomic E-state index is -0.402. The molecular formula is C16H21N3O2. The normalized spacial score (nSPS) is 12.4. The Morgan fingerprint density at radius 1 is 1.19 bits per heavy atom. The van der Waals surface area contributed by atoms with Crippen LogP contribution in [-0.4, -0.2) is 16.1 Å². The quantitative estimate of drug-likeness (QED) is 0.886. The molecule has 0 bridgehead atoms. The molecule has 0 aliphatic heterocycles. The molecule has 1 aromatic heterocycles. The van der Waals surface area contributed by atoms with Gasteiger partial charge in [-0.3, -0.25) is 4.79 Å². The molecule has 1 amide bonds. The summed E-state index contributed by atoms with van der Waals surface area (Å²) in [5.41, 5.74) is 0.931. The van der Waals surface area contributed by atoms with Crippen molar-refractivity contribution in [1.29, 1.82) is 0 Å². The minimum Gasteiger partial charge on any atom is -0.423 e. The van der Waals surface area contributed by atoms with Crippen molar-refractivity contribution in [2.75, 3.05) is 0 Å². The summed E-state index contributed by atoms with van der Waals surface area (Å²) in [5.74, 6) is 0.922. The number of hydrogen-bond donors (Lipinski definition) is 1. The first-order valence-electron chi connectivity index (χ1n) is 7.31. The fourth-order valence-electron chi connectivity index (χ4n) is 2.28. The predicted octanol–water partition coefficient (Wildman–Crippen LogP) is 3.02. The molecule has 0 fully saturated rings. The lowest BCUT2D eigenvalue weighted by Crippen LogP contribution is -2.34. The van der Waals surface area contributed by atoms with Crippen LogP contribution in [0.1, 0.15) is 50.1 Å². The van der Waals surface area contributed by atoms with Gasteiger partial charge in [-0.15, -0.1) is 10.2 Å². The Kier molecular flexibility index (Phi) is 5.09. The van der Waals surface area contributed by atoms with Crippen LogP contribution in [0.15, 0.2) is 34.7 Å². The largest absolute Gasteiger partial charge is 0.423 e. The Hall–Kier alpha value is -2.17. The number of nitrogens with zero attached hydrogens (tertiary/aromatic N) is 2. The summed E-state index contributed by atoms with van der Waals surface area (Å²) in [7, 11) is 0. The molecule has 2 rings (SSSR count). The molecule has 112 valence electrons. The zero-order chi connectivity index (χ0) is 15.2. The Labute approximate surface area is 124 Å². The fourth-order valence-corrected chi connectivity index (χ4v) is 2.28. The van der Waals surface area contributed by atoms with E-state index in [9.17, 15) is 4.79 Å². The summed E-state index contributed by atoms with van der Waals surface area (Å²) in [6.45, 7) is 5.77. The molecule has 0 saturated carbocycles. The first-order valence-corrected chi connectivity index (χ1v) is 7.31. The van der Waals surface area contributed by atoms with E-state index in [2.05, 4.69) is 15.5 Å². The van der Waals surface area contributed by atoms with E-state index in [4.69, 9.17) is 4.42 Å². The average molecular weight is 287 g/mol. The molecule has 1 heterocycles. The SMILES string of the molecule is CCC(CC)C(=O)NC(c1ccccc1)c1nnc(C)o1. The summed E-state index contributed by atoms with van der Waals surface area (Å²) in [5, 5.41) is 10.9. The number of nitrogens with one attached hydrogen (secondary N) is 1. The highest BCUT2D eigenvalue weighted by Gasteiger charge is 2.25. The summed E-state index contributed by atoms with van der Waals surface area (Å²) >= 11 is 0. The number of aromatic nitrogens is 2. The molecule has 0 aliphatic carbocycles. The first kappa shape index (κ1) is 15.2. The highest BCUT2D eigenvalue weighted by molar-refractivity contribution is 5.79. The van der Waals surface area contributed by atoms with Gasteiger partial charge in [-0.1, -0.05) is 44.2 Å². The monoisotopic (exact) mass is 287 g/mol. The minimum absolute atomic E-state index is 0.000214. The van der Waals surface area contributed by atoms with Crippen LogP contribution in [0, 0.1) is 12.8 Å². The number of hydrogen-bond acceptors (Lipinski definition) is 4. The topological polar surface area (TPSA) is 68.0 Å². The van der Waals surface area contributed by atoms with E-state index in [1.54, 1.807) is 6.92 Å². The number of aryl methyl sites for hydroxylation is 1. The summed E-state index contributed by atoms with van der Waals surface area (Å²) in [6, 6.07) is 9.27. The third kappa shape index (κ3) is 3.68. The summed E-state index contributed by atoms with van der Waals surface area (Å²) in [6.07, 6.45) is 1.62. The van der Waals surface area contributed by atoms with Gasteiger partial charge in [-0.25, -0.2) is 0 Å². The van der Waals surface area contributed by atoms with E-state index in [0.717, 1.165) is 18.4 Å². The van der Waals surface area contributed by atoms with E-state index >= 15 is 0 Å². The maximum atomic E-state index is 12.4. The van der Waals surface area contributed by atoms with Gasteiger partial charge in [-0.05, 0) is 18.4 Å². The standard InChI is InChI=1S/C16H21N3O2/c1-4-12(5-2)15(20)17-14(13-9-7-6-8-10-13)16-19-18-11(3)21-16/h6-10,12,14H,4-5H2,1-3H3,(H,17,20). The maximum Gasteiger partial charge on any atom is 0.243 e. The lowest BCUT2D eigenvalue weighted by Gasteiger charge is -2.19. The van der Waals surface area contributed by atoms with Gasteiger partial charge < -0.3 is 9.73 Å². The summed E-state index contributed by atoms with van der Waals surface area (Å²) < 4.78 is 5.51. The van der Waals surface area contributed by atoms with E-state index in [0.29, 0.717) is 11.8 Å². The van der Waals surface area contributed by atoms with Gasteiger partial charge in [0.2, 0.25) is 17.7 Å². The zero-order valence-electron chi connectivity index (χ0n) is 12.7. The van der Waals surface area contributed by atoms with Crippen LogP contribution in [0.25, 0.3) is 0 Å². The second-order valence-corrected chi connectivity index (χ2v) is 5.03. The van der Waals surface area contributed by atoms with Crippen LogP contribution in [0.5, 0.6) is 0 Å². The molecule has 21 heavy (non-hydrogen) atoms. The van der Waals surface area contributed by atoms with Gasteiger partial charge in [0.15, 0.2) is 0 Å². The third-order valence-corrected chi connectivity index (χ3v) is 3.56.